The topological polar surface area (TPSA) is 0 Å². The minimum atomic E-state index is -0.217. The van der Waals surface area contributed by atoms with E-state index in [1.165, 1.54) is 6.07 Å². The van der Waals surface area contributed by atoms with Gasteiger partial charge in [-0.1, -0.05) is 12.1 Å². The van der Waals surface area contributed by atoms with E-state index in [4.69, 9.17) is 0 Å². The second-order valence-electron chi connectivity index (χ2n) is 3.22. The number of halogens is 2. The second kappa shape index (κ2) is 4.17. The van der Waals surface area contributed by atoms with Gasteiger partial charge in [0.25, 0.3) is 0 Å². The van der Waals surface area contributed by atoms with Crippen molar-refractivity contribution in [2.24, 2.45) is 0 Å². The highest BCUT2D eigenvalue weighted by Crippen LogP contribution is 2.12. The third-order valence-corrected chi connectivity index (χ3v) is 1.89. The van der Waals surface area contributed by atoms with Crippen molar-refractivity contribution < 1.29 is 8.78 Å². The normalized spacial score (nSPS) is 11.8. The molecule has 0 amide bonds. The standard InChI is InChI=1S/C11H12F2/c1-8(7-12)5-10-3-4-11(13)9(2)6-10/h3-4,6-7H,5H2,1-2H3/b8-7-. The lowest BCUT2D eigenvalue weighted by atomic mass is 10.1. The van der Waals surface area contributed by atoms with Crippen molar-refractivity contribution >= 4 is 0 Å². The van der Waals surface area contributed by atoms with Crippen molar-refractivity contribution in [1.29, 1.82) is 0 Å². The van der Waals surface area contributed by atoms with E-state index in [9.17, 15) is 8.78 Å². The molecule has 0 nitrogen and oxygen atoms in total. The Labute approximate surface area is 76.9 Å². The fourth-order valence-electron chi connectivity index (χ4n) is 1.18. The summed E-state index contributed by atoms with van der Waals surface area (Å²) in [6, 6.07) is 4.83. The highest BCUT2D eigenvalue weighted by molar-refractivity contribution is 5.26. The van der Waals surface area contributed by atoms with Crippen LogP contribution in [0.15, 0.2) is 30.1 Å². The second-order valence-corrected chi connectivity index (χ2v) is 3.22. The Balaban J connectivity index is 2.86. The van der Waals surface area contributed by atoms with E-state index in [0.29, 0.717) is 23.9 Å². The third-order valence-electron chi connectivity index (χ3n) is 1.89. The maximum atomic E-state index is 12.8. The fraction of sp³-hybridized carbons (Fsp3) is 0.273. The first-order valence-electron chi connectivity index (χ1n) is 4.14. The molecule has 0 saturated heterocycles. The van der Waals surface area contributed by atoms with Crippen LogP contribution in [0.5, 0.6) is 0 Å². The van der Waals surface area contributed by atoms with Gasteiger partial charge in [0.05, 0.1) is 6.33 Å². The molecule has 0 spiro atoms. The van der Waals surface area contributed by atoms with Crippen molar-refractivity contribution in [2.45, 2.75) is 20.3 Å². The molecule has 1 rings (SSSR count). The number of rotatable bonds is 2. The van der Waals surface area contributed by atoms with E-state index in [1.807, 2.05) is 0 Å². The van der Waals surface area contributed by atoms with Gasteiger partial charge >= 0.3 is 0 Å². The van der Waals surface area contributed by atoms with Gasteiger partial charge in [0.1, 0.15) is 5.82 Å². The zero-order valence-electron chi connectivity index (χ0n) is 7.77. The molecular formula is C11H12F2. The van der Waals surface area contributed by atoms with E-state index in [2.05, 4.69) is 0 Å². The molecule has 0 N–H and O–H groups in total. The Hall–Kier alpha value is -1.18. The highest BCUT2D eigenvalue weighted by Gasteiger charge is 1.99. The van der Waals surface area contributed by atoms with Crippen molar-refractivity contribution in [3.05, 3.63) is 47.0 Å². The number of allylic oxidation sites excluding steroid dienone is 1. The summed E-state index contributed by atoms with van der Waals surface area (Å²) in [7, 11) is 0. The molecule has 70 valence electrons. The van der Waals surface area contributed by atoms with Crippen LogP contribution in [0, 0.1) is 12.7 Å². The molecule has 0 atom stereocenters. The number of hydrogen-bond acceptors (Lipinski definition) is 0. The molecule has 13 heavy (non-hydrogen) atoms. The van der Waals surface area contributed by atoms with Gasteiger partial charge in [0.15, 0.2) is 0 Å². The average molecular weight is 182 g/mol. The molecule has 2 heteroatoms. The number of aryl methyl sites for hydroxylation is 1. The van der Waals surface area contributed by atoms with Gasteiger partial charge in [0, 0.05) is 0 Å². The largest absolute Gasteiger partial charge is 0.216 e. The van der Waals surface area contributed by atoms with Gasteiger partial charge in [-0.15, -0.1) is 0 Å². The van der Waals surface area contributed by atoms with Crippen molar-refractivity contribution in [3.8, 4) is 0 Å². The monoisotopic (exact) mass is 182 g/mol. The van der Waals surface area contributed by atoms with Crippen molar-refractivity contribution in [2.75, 3.05) is 0 Å². The minimum absolute atomic E-state index is 0.217. The van der Waals surface area contributed by atoms with Gasteiger partial charge in [-0.3, -0.25) is 0 Å². The molecule has 0 aliphatic rings. The van der Waals surface area contributed by atoms with E-state index in [1.54, 1.807) is 26.0 Å². The molecular weight excluding hydrogens is 170 g/mol. The first-order chi connectivity index (χ1) is 6.13. The quantitative estimate of drug-likeness (QED) is 0.656. The average Bonchev–Trinajstić information content (AvgIpc) is 2.11. The predicted molar refractivity (Wildman–Crippen MR) is 49.7 cm³/mol. The first kappa shape index (κ1) is 9.90. The summed E-state index contributed by atoms with van der Waals surface area (Å²) >= 11 is 0. The van der Waals surface area contributed by atoms with E-state index >= 15 is 0 Å². The zero-order chi connectivity index (χ0) is 9.84. The van der Waals surface area contributed by atoms with Gasteiger partial charge in [0.2, 0.25) is 0 Å². The van der Waals surface area contributed by atoms with E-state index in [-0.39, 0.29) is 5.82 Å². The Morgan fingerprint density at radius 1 is 1.46 bits per heavy atom. The molecule has 1 aromatic rings. The van der Waals surface area contributed by atoms with Crippen LogP contribution in [0.2, 0.25) is 0 Å². The van der Waals surface area contributed by atoms with Crippen LogP contribution in [0.25, 0.3) is 0 Å². The van der Waals surface area contributed by atoms with Crippen LogP contribution < -0.4 is 0 Å². The summed E-state index contributed by atoms with van der Waals surface area (Å²) in [4.78, 5) is 0. The van der Waals surface area contributed by atoms with Gasteiger partial charge < -0.3 is 0 Å². The predicted octanol–water partition coefficient (Wildman–Crippen LogP) is 3.55. The maximum absolute atomic E-state index is 12.8. The van der Waals surface area contributed by atoms with Gasteiger partial charge in [-0.2, -0.15) is 0 Å². The number of benzene rings is 1. The Bertz CT molecular complexity index is 327. The molecule has 0 aromatic heterocycles. The van der Waals surface area contributed by atoms with Crippen molar-refractivity contribution in [1.82, 2.24) is 0 Å². The summed E-state index contributed by atoms with van der Waals surface area (Å²) in [5, 5.41) is 0. The lowest BCUT2D eigenvalue weighted by Crippen LogP contribution is -1.89. The lowest BCUT2D eigenvalue weighted by molar-refractivity contribution is 0.617. The highest BCUT2D eigenvalue weighted by atomic mass is 19.1. The molecule has 0 fully saturated rings. The molecule has 0 radical (unpaired) electrons. The SMILES string of the molecule is C/C(=C/F)Cc1ccc(F)c(C)c1. The molecule has 0 aliphatic heterocycles. The van der Waals surface area contributed by atoms with Crippen LogP contribution >= 0.6 is 0 Å². The van der Waals surface area contributed by atoms with Gasteiger partial charge in [-0.05, 0) is 43.0 Å². The van der Waals surface area contributed by atoms with Crippen molar-refractivity contribution in [3.63, 3.8) is 0 Å². The Morgan fingerprint density at radius 3 is 2.69 bits per heavy atom. The molecule has 1 aromatic carbocycles. The summed E-state index contributed by atoms with van der Waals surface area (Å²) in [6.45, 7) is 3.41. The minimum Gasteiger partial charge on any atom is -0.216 e. The lowest BCUT2D eigenvalue weighted by Gasteiger charge is -2.02. The van der Waals surface area contributed by atoms with Crippen LogP contribution in [-0.4, -0.2) is 0 Å². The van der Waals surface area contributed by atoms with Crippen LogP contribution in [0.4, 0.5) is 8.78 Å². The summed E-state index contributed by atoms with van der Waals surface area (Å²) in [5.41, 5.74) is 2.18. The van der Waals surface area contributed by atoms with E-state index < -0.39 is 0 Å². The Kier molecular flexibility index (Phi) is 3.18. The molecule has 0 bridgehead atoms. The fourth-order valence-corrected chi connectivity index (χ4v) is 1.18. The van der Waals surface area contributed by atoms with Crippen LogP contribution in [-0.2, 0) is 6.42 Å². The third kappa shape index (κ3) is 2.65. The van der Waals surface area contributed by atoms with Crippen LogP contribution in [0.1, 0.15) is 18.1 Å². The number of hydrogen-bond donors (Lipinski definition) is 0. The smallest absolute Gasteiger partial charge is 0.126 e. The Morgan fingerprint density at radius 2 is 2.15 bits per heavy atom. The maximum Gasteiger partial charge on any atom is 0.126 e. The molecule has 0 unspecified atom stereocenters. The summed E-state index contributed by atoms with van der Waals surface area (Å²) in [6.07, 6.45) is 1.12. The first-order valence-corrected chi connectivity index (χ1v) is 4.14. The summed E-state index contributed by atoms with van der Waals surface area (Å²) < 4.78 is 24.8. The molecule has 0 heterocycles. The molecule has 0 saturated carbocycles. The zero-order valence-corrected chi connectivity index (χ0v) is 7.77. The van der Waals surface area contributed by atoms with E-state index in [0.717, 1.165) is 5.56 Å². The summed E-state index contributed by atoms with van der Waals surface area (Å²) in [5.74, 6) is -0.217. The van der Waals surface area contributed by atoms with Gasteiger partial charge in [-0.25, -0.2) is 8.78 Å². The van der Waals surface area contributed by atoms with Crippen LogP contribution in [0.3, 0.4) is 0 Å². The molecule has 0 aliphatic carbocycles.